The fraction of sp³-hybridized carbons (Fsp3) is 0.579. The highest BCUT2D eigenvalue weighted by Crippen LogP contribution is 2.44. The summed E-state index contributed by atoms with van der Waals surface area (Å²) in [5.41, 5.74) is -1.42. The molecular formula is C19H19F3N2O3. The number of hydrogen-bond acceptors (Lipinski definition) is 4. The highest BCUT2D eigenvalue weighted by Gasteiger charge is 2.53. The summed E-state index contributed by atoms with van der Waals surface area (Å²) in [7, 11) is 0. The number of benzene rings is 1. The van der Waals surface area contributed by atoms with Crippen LogP contribution in [0, 0.1) is 23.2 Å². The molecule has 4 bridgehead atoms. The minimum Gasteiger partial charge on any atom is -0.374 e. The number of carbonyl (C=O) groups is 1. The zero-order chi connectivity index (χ0) is 19.3. The van der Waals surface area contributed by atoms with Crippen LogP contribution in [0.4, 0.5) is 18.9 Å². The van der Waals surface area contributed by atoms with Crippen molar-refractivity contribution in [2.45, 2.75) is 50.8 Å². The lowest BCUT2D eigenvalue weighted by atomic mass is 9.89. The molecule has 5 nitrogen and oxygen atoms in total. The van der Waals surface area contributed by atoms with Crippen molar-refractivity contribution in [2.24, 2.45) is 11.8 Å². The zero-order valence-electron chi connectivity index (χ0n) is 14.7. The molecule has 4 unspecified atom stereocenters. The molecule has 1 aromatic carbocycles. The molecule has 0 radical (unpaired) electrons. The average molecular weight is 380 g/mol. The van der Waals surface area contributed by atoms with E-state index in [4.69, 9.17) is 14.7 Å². The van der Waals surface area contributed by atoms with E-state index in [-0.39, 0.29) is 29.7 Å². The maximum atomic E-state index is 13.3. The minimum absolute atomic E-state index is 0.0783. The molecule has 3 heterocycles. The molecule has 8 heteroatoms. The van der Waals surface area contributed by atoms with Gasteiger partial charge in [0, 0.05) is 11.6 Å². The fourth-order valence-corrected chi connectivity index (χ4v) is 4.47. The predicted molar refractivity (Wildman–Crippen MR) is 88.6 cm³/mol. The summed E-state index contributed by atoms with van der Waals surface area (Å²) in [6.45, 7) is 2.26. The van der Waals surface area contributed by atoms with Crippen LogP contribution in [0.25, 0.3) is 0 Å². The Balaban J connectivity index is 1.75. The molecule has 0 aliphatic carbocycles. The van der Waals surface area contributed by atoms with Gasteiger partial charge in [0.1, 0.15) is 6.23 Å². The van der Waals surface area contributed by atoms with Crippen LogP contribution in [0.5, 0.6) is 0 Å². The molecule has 3 aliphatic heterocycles. The normalized spacial score (nSPS) is 33.4. The van der Waals surface area contributed by atoms with Crippen LogP contribution < -0.4 is 4.90 Å². The molecule has 144 valence electrons. The number of nitriles is 1. The number of hydrogen-bond donors (Lipinski definition) is 0. The Morgan fingerprint density at radius 3 is 2.74 bits per heavy atom. The molecule has 4 rings (SSSR count). The SMILES string of the molecule is CC1C2OCCC3CCC(O3)[C@@H]1C(=O)N2c1ccc(C#N)c(C(F)(F)F)c1. The third kappa shape index (κ3) is 2.99. The molecule has 3 aliphatic rings. The average Bonchev–Trinajstić information content (AvgIpc) is 3.17. The second kappa shape index (κ2) is 6.50. The van der Waals surface area contributed by atoms with Crippen molar-refractivity contribution < 1.29 is 27.4 Å². The Hall–Kier alpha value is -2.11. The molecule has 0 N–H and O–H groups in total. The monoisotopic (exact) mass is 380 g/mol. The van der Waals surface area contributed by atoms with Crippen LogP contribution in [0.1, 0.15) is 37.3 Å². The third-order valence-electron chi connectivity index (χ3n) is 5.77. The topological polar surface area (TPSA) is 62.6 Å². The van der Waals surface area contributed by atoms with Crippen LogP contribution in [0.3, 0.4) is 0 Å². The second-order valence-electron chi connectivity index (χ2n) is 7.36. The minimum atomic E-state index is -4.68. The van der Waals surface area contributed by atoms with Crippen molar-refractivity contribution in [3.8, 4) is 6.07 Å². The number of fused-ring (bicyclic) bond motifs is 5. The number of amides is 1. The summed E-state index contributed by atoms with van der Waals surface area (Å²) < 4.78 is 52.0. The lowest BCUT2D eigenvalue weighted by molar-refractivity contribution is -0.138. The van der Waals surface area contributed by atoms with E-state index < -0.39 is 29.4 Å². The maximum absolute atomic E-state index is 13.3. The van der Waals surface area contributed by atoms with E-state index in [1.165, 1.54) is 11.0 Å². The predicted octanol–water partition coefficient (Wildman–Crippen LogP) is 3.47. The molecule has 0 spiro atoms. The smallest absolute Gasteiger partial charge is 0.374 e. The molecule has 0 aromatic heterocycles. The van der Waals surface area contributed by atoms with Crippen molar-refractivity contribution in [1.82, 2.24) is 0 Å². The van der Waals surface area contributed by atoms with E-state index in [1.807, 2.05) is 6.92 Å². The van der Waals surface area contributed by atoms with Crippen molar-refractivity contribution in [2.75, 3.05) is 11.5 Å². The number of alkyl halides is 3. The quantitative estimate of drug-likeness (QED) is 0.749. The largest absolute Gasteiger partial charge is 0.417 e. The summed E-state index contributed by atoms with van der Waals surface area (Å²) >= 11 is 0. The molecule has 1 aromatic rings. The van der Waals surface area contributed by atoms with E-state index in [2.05, 4.69) is 0 Å². The van der Waals surface area contributed by atoms with Crippen LogP contribution in [0.15, 0.2) is 18.2 Å². The number of ether oxygens (including phenoxy) is 2. The van der Waals surface area contributed by atoms with Gasteiger partial charge in [0.25, 0.3) is 0 Å². The van der Waals surface area contributed by atoms with Crippen LogP contribution in [0.2, 0.25) is 0 Å². The second-order valence-corrected chi connectivity index (χ2v) is 7.36. The van der Waals surface area contributed by atoms with Gasteiger partial charge < -0.3 is 9.47 Å². The zero-order valence-corrected chi connectivity index (χ0v) is 14.7. The first-order valence-electron chi connectivity index (χ1n) is 9.02. The van der Waals surface area contributed by atoms with Crippen molar-refractivity contribution in [1.29, 1.82) is 5.26 Å². The lowest BCUT2D eigenvalue weighted by Gasteiger charge is -2.28. The van der Waals surface area contributed by atoms with Gasteiger partial charge in [-0.15, -0.1) is 0 Å². The van der Waals surface area contributed by atoms with Crippen LogP contribution in [-0.4, -0.2) is 30.9 Å². The van der Waals surface area contributed by atoms with Gasteiger partial charge in [0.05, 0.1) is 41.9 Å². The van der Waals surface area contributed by atoms with E-state index in [0.717, 1.165) is 25.0 Å². The number of halogens is 3. The van der Waals surface area contributed by atoms with Crippen LogP contribution >= 0.6 is 0 Å². The van der Waals surface area contributed by atoms with Crippen LogP contribution in [-0.2, 0) is 20.4 Å². The summed E-state index contributed by atoms with van der Waals surface area (Å²) in [5, 5.41) is 8.99. The van der Waals surface area contributed by atoms with Gasteiger partial charge in [-0.25, -0.2) is 0 Å². The summed E-state index contributed by atoms with van der Waals surface area (Å²) in [6.07, 6.45) is -3.13. The first-order valence-corrected chi connectivity index (χ1v) is 9.02. The van der Waals surface area contributed by atoms with Gasteiger partial charge in [0.15, 0.2) is 0 Å². The molecule has 27 heavy (non-hydrogen) atoms. The Bertz CT molecular complexity index is 804. The highest BCUT2D eigenvalue weighted by atomic mass is 19.4. The lowest BCUT2D eigenvalue weighted by Crippen LogP contribution is -2.38. The van der Waals surface area contributed by atoms with Gasteiger partial charge >= 0.3 is 6.18 Å². The van der Waals surface area contributed by atoms with Crippen molar-refractivity contribution >= 4 is 11.6 Å². The number of anilines is 1. The first kappa shape index (κ1) is 18.3. The fourth-order valence-electron chi connectivity index (χ4n) is 4.47. The Morgan fingerprint density at radius 2 is 2.04 bits per heavy atom. The molecule has 0 saturated carbocycles. The first-order chi connectivity index (χ1) is 12.8. The maximum Gasteiger partial charge on any atom is 0.417 e. The molecule has 1 amide bonds. The van der Waals surface area contributed by atoms with Gasteiger partial charge in [-0.3, -0.25) is 9.69 Å². The summed E-state index contributed by atoms with van der Waals surface area (Å²) in [4.78, 5) is 14.5. The summed E-state index contributed by atoms with van der Waals surface area (Å²) in [6, 6.07) is 4.91. The van der Waals surface area contributed by atoms with Crippen molar-refractivity contribution in [3.05, 3.63) is 29.3 Å². The standard InChI is InChI=1S/C19H19F3N2O3/c1-10-16-15-5-4-13(27-15)6-7-26-18(10)24(17(16)25)12-3-2-11(9-23)14(8-12)19(20,21)22/h2-3,8,10,13,15-16,18H,4-7H2,1H3/t10?,13?,15?,16-,18?/m1/s1. The van der Waals surface area contributed by atoms with Gasteiger partial charge in [-0.2, -0.15) is 18.4 Å². The molecule has 5 atom stereocenters. The van der Waals surface area contributed by atoms with Gasteiger partial charge in [-0.05, 0) is 37.5 Å². The highest BCUT2D eigenvalue weighted by molar-refractivity contribution is 5.98. The summed E-state index contributed by atoms with van der Waals surface area (Å²) in [5.74, 6) is -0.926. The Labute approximate surface area is 154 Å². The molecule has 3 fully saturated rings. The Kier molecular flexibility index (Phi) is 4.40. The Morgan fingerprint density at radius 1 is 1.26 bits per heavy atom. The number of carbonyl (C=O) groups excluding carboxylic acids is 1. The van der Waals surface area contributed by atoms with E-state index in [0.29, 0.717) is 13.0 Å². The van der Waals surface area contributed by atoms with E-state index in [1.54, 1.807) is 6.07 Å². The molecule has 3 saturated heterocycles. The van der Waals surface area contributed by atoms with Gasteiger partial charge in [0.2, 0.25) is 5.91 Å². The van der Waals surface area contributed by atoms with E-state index in [9.17, 15) is 18.0 Å². The third-order valence-corrected chi connectivity index (χ3v) is 5.77. The molecular weight excluding hydrogens is 361 g/mol. The number of rotatable bonds is 1. The number of nitrogens with zero attached hydrogens (tertiary/aromatic N) is 2. The van der Waals surface area contributed by atoms with Crippen molar-refractivity contribution in [3.63, 3.8) is 0 Å². The van der Waals surface area contributed by atoms with E-state index >= 15 is 0 Å². The van der Waals surface area contributed by atoms with Gasteiger partial charge in [-0.1, -0.05) is 6.92 Å².